The van der Waals surface area contributed by atoms with E-state index in [1.165, 1.54) is 6.92 Å². The Balaban J connectivity index is 1.18. The molecule has 3 aromatic rings. The molecular weight excluding hydrogens is 556 g/mol. The smallest absolute Gasteiger partial charge is 0.263 e. The average Bonchev–Trinajstić information content (AvgIpc) is 3.51. The summed E-state index contributed by atoms with van der Waals surface area (Å²) in [7, 11) is 0. The number of hydrogen-bond donors (Lipinski definition) is 1. The van der Waals surface area contributed by atoms with Crippen LogP contribution in [0, 0.1) is 6.92 Å². The molecule has 0 unspecified atom stereocenters. The summed E-state index contributed by atoms with van der Waals surface area (Å²) in [6.07, 6.45) is 7.77. The second-order valence-corrected chi connectivity index (χ2v) is 12.4. The molecule has 0 radical (unpaired) electrons. The number of aromatic nitrogens is 3. The Hall–Kier alpha value is -3.21. The summed E-state index contributed by atoms with van der Waals surface area (Å²) in [5.41, 5.74) is 2.79. The maximum Gasteiger partial charge on any atom is 0.263 e. The SMILES string of the molecule is CC(=O)c1c(C)c2cnc(Nc3cc(Cl)c4c(c3)OC[C@H]3CN(C5CCOCC5)CCN43)nc2n(C2CCCC2)c1=O. The van der Waals surface area contributed by atoms with E-state index in [-0.39, 0.29) is 29.0 Å². The van der Waals surface area contributed by atoms with Crippen LogP contribution in [0.5, 0.6) is 5.75 Å². The van der Waals surface area contributed by atoms with E-state index < -0.39 is 0 Å². The van der Waals surface area contributed by atoms with Crippen LogP contribution in [0.25, 0.3) is 11.0 Å². The molecule has 3 aliphatic heterocycles. The zero-order valence-corrected chi connectivity index (χ0v) is 25.0. The molecule has 0 bridgehead atoms. The van der Waals surface area contributed by atoms with E-state index in [0.717, 1.165) is 88.2 Å². The van der Waals surface area contributed by atoms with Crippen LogP contribution in [0.1, 0.15) is 67.4 Å². The van der Waals surface area contributed by atoms with Crippen LogP contribution in [-0.4, -0.2) is 76.8 Å². The number of fused-ring (bicyclic) bond motifs is 4. The molecule has 3 fully saturated rings. The largest absolute Gasteiger partial charge is 0.489 e. The Morgan fingerprint density at radius 1 is 1.07 bits per heavy atom. The quantitative estimate of drug-likeness (QED) is 0.415. The zero-order valence-electron chi connectivity index (χ0n) is 24.2. The van der Waals surface area contributed by atoms with E-state index in [9.17, 15) is 9.59 Å². The number of nitrogens with one attached hydrogen (secondary N) is 1. The van der Waals surface area contributed by atoms with Crippen molar-refractivity contribution in [3.8, 4) is 5.75 Å². The molecule has 1 aromatic carbocycles. The highest BCUT2D eigenvalue weighted by Gasteiger charge is 2.37. The van der Waals surface area contributed by atoms with Gasteiger partial charge in [-0.3, -0.25) is 19.1 Å². The monoisotopic (exact) mass is 592 g/mol. The van der Waals surface area contributed by atoms with Crippen LogP contribution in [0.15, 0.2) is 23.1 Å². The van der Waals surface area contributed by atoms with Gasteiger partial charge in [0.2, 0.25) is 5.95 Å². The number of benzene rings is 1. The summed E-state index contributed by atoms with van der Waals surface area (Å²) >= 11 is 6.90. The normalized spacial score (nSPS) is 21.7. The summed E-state index contributed by atoms with van der Waals surface area (Å²) in [6, 6.07) is 4.69. The van der Waals surface area contributed by atoms with Crippen molar-refractivity contribution in [1.29, 1.82) is 0 Å². The van der Waals surface area contributed by atoms with Gasteiger partial charge in [-0.05, 0) is 51.2 Å². The molecule has 2 aromatic heterocycles. The summed E-state index contributed by atoms with van der Waals surface area (Å²) in [6.45, 7) is 8.39. The van der Waals surface area contributed by atoms with Gasteiger partial charge in [-0.15, -0.1) is 0 Å². The number of ether oxygens (including phenoxy) is 2. The van der Waals surface area contributed by atoms with E-state index in [1.54, 1.807) is 17.7 Å². The van der Waals surface area contributed by atoms with E-state index in [4.69, 9.17) is 26.1 Å². The van der Waals surface area contributed by atoms with Gasteiger partial charge in [0, 0.05) is 68.3 Å². The number of carbonyl (C=O) groups excluding carboxylic acids is 1. The van der Waals surface area contributed by atoms with Gasteiger partial charge in [-0.1, -0.05) is 24.4 Å². The van der Waals surface area contributed by atoms with Crippen molar-refractivity contribution in [1.82, 2.24) is 19.4 Å². The van der Waals surface area contributed by atoms with Crippen molar-refractivity contribution < 1.29 is 14.3 Å². The number of anilines is 3. The Bertz CT molecular complexity index is 1600. The highest BCUT2D eigenvalue weighted by atomic mass is 35.5. The second-order valence-electron chi connectivity index (χ2n) is 12.0. The Kier molecular flexibility index (Phi) is 7.32. The third-order valence-electron chi connectivity index (χ3n) is 9.47. The molecule has 10 nitrogen and oxygen atoms in total. The predicted octanol–water partition coefficient (Wildman–Crippen LogP) is 4.88. The van der Waals surface area contributed by atoms with Crippen molar-refractivity contribution >= 4 is 45.7 Å². The van der Waals surface area contributed by atoms with Gasteiger partial charge in [0.1, 0.15) is 18.0 Å². The van der Waals surface area contributed by atoms with E-state index in [0.29, 0.717) is 40.5 Å². The summed E-state index contributed by atoms with van der Waals surface area (Å²) in [5.74, 6) is 0.869. The third kappa shape index (κ3) is 4.83. The molecule has 1 N–H and O–H groups in total. The van der Waals surface area contributed by atoms with Crippen LogP contribution in [0.3, 0.4) is 0 Å². The van der Waals surface area contributed by atoms with Gasteiger partial charge >= 0.3 is 0 Å². The fourth-order valence-corrected chi connectivity index (χ4v) is 7.68. The molecule has 222 valence electrons. The maximum atomic E-state index is 13.5. The number of rotatable bonds is 5. The first kappa shape index (κ1) is 27.6. The minimum atomic E-state index is -0.263. The number of halogens is 1. The molecule has 1 atom stereocenters. The third-order valence-corrected chi connectivity index (χ3v) is 9.76. The number of hydrogen-bond acceptors (Lipinski definition) is 9. The number of aryl methyl sites for hydroxylation is 1. The first-order valence-corrected chi connectivity index (χ1v) is 15.5. The molecule has 2 saturated heterocycles. The lowest BCUT2D eigenvalue weighted by Crippen LogP contribution is -2.60. The summed E-state index contributed by atoms with van der Waals surface area (Å²) in [5, 5.41) is 4.63. The van der Waals surface area contributed by atoms with Crippen molar-refractivity contribution in [3.05, 3.63) is 44.8 Å². The average molecular weight is 593 g/mol. The molecule has 7 rings (SSSR count). The Morgan fingerprint density at radius 3 is 2.62 bits per heavy atom. The minimum Gasteiger partial charge on any atom is -0.489 e. The van der Waals surface area contributed by atoms with Crippen molar-refractivity contribution in [3.63, 3.8) is 0 Å². The molecule has 5 heterocycles. The van der Waals surface area contributed by atoms with E-state index in [1.807, 2.05) is 12.1 Å². The molecule has 1 aliphatic carbocycles. The lowest BCUT2D eigenvalue weighted by Gasteiger charge is -2.48. The van der Waals surface area contributed by atoms with Gasteiger partial charge in [-0.2, -0.15) is 4.98 Å². The van der Waals surface area contributed by atoms with E-state index >= 15 is 0 Å². The van der Waals surface area contributed by atoms with Crippen LogP contribution in [-0.2, 0) is 4.74 Å². The maximum absolute atomic E-state index is 13.5. The molecule has 0 amide bonds. The van der Waals surface area contributed by atoms with Gasteiger partial charge in [-0.25, -0.2) is 4.98 Å². The highest BCUT2D eigenvalue weighted by molar-refractivity contribution is 6.34. The molecule has 42 heavy (non-hydrogen) atoms. The Labute approximate surface area is 250 Å². The topological polar surface area (TPSA) is 102 Å². The highest BCUT2D eigenvalue weighted by Crippen LogP contribution is 2.44. The summed E-state index contributed by atoms with van der Waals surface area (Å²) in [4.78, 5) is 40.3. The van der Waals surface area contributed by atoms with Crippen LogP contribution < -0.4 is 20.5 Å². The fourth-order valence-electron chi connectivity index (χ4n) is 7.36. The molecule has 0 spiro atoms. The van der Waals surface area contributed by atoms with Crippen LogP contribution in [0.2, 0.25) is 5.02 Å². The predicted molar refractivity (Wildman–Crippen MR) is 163 cm³/mol. The van der Waals surface area contributed by atoms with Crippen molar-refractivity contribution in [2.45, 2.75) is 70.5 Å². The molecule has 1 saturated carbocycles. The van der Waals surface area contributed by atoms with Gasteiger partial charge < -0.3 is 19.7 Å². The lowest BCUT2D eigenvalue weighted by atomic mass is 10.0. The van der Waals surface area contributed by atoms with Crippen molar-refractivity contribution in [2.75, 3.05) is 49.7 Å². The van der Waals surface area contributed by atoms with Crippen LogP contribution in [0.4, 0.5) is 17.3 Å². The summed E-state index contributed by atoms with van der Waals surface area (Å²) < 4.78 is 13.6. The first-order chi connectivity index (χ1) is 20.4. The minimum absolute atomic E-state index is 0.0212. The number of pyridine rings is 1. The first-order valence-electron chi connectivity index (χ1n) is 15.1. The number of piperazine rings is 1. The molecule has 11 heteroatoms. The number of carbonyl (C=O) groups is 1. The van der Waals surface area contributed by atoms with Gasteiger partial charge in [0.15, 0.2) is 5.78 Å². The second kappa shape index (κ2) is 11.1. The standard InChI is InChI=1S/C31H37ClN6O4/c1-18-24-15-33-31(35-29(24)38(22-5-3-4-6-22)30(40)27(18)19(2)39)34-20-13-25(32)28-26(14-20)42-17-23-16-36(9-10-37(23)28)21-7-11-41-12-8-21/h13-15,21-23H,3-12,16-17H2,1-2H3,(H,33,34,35)/t23-/m1/s1. The van der Waals surface area contributed by atoms with Gasteiger partial charge in [0.05, 0.1) is 22.3 Å². The zero-order chi connectivity index (χ0) is 29.0. The Morgan fingerprint density at radius 2 is 1.86 bits per heavy atom. The number of nitrogens with zero attached hydrogens (tertiary/aromatic N) is 5. The molecule has 4 aliphatic rings. The van der Waals surface area contributed by atoms with Gasteiger partial charge in [0.25, 0.3) is 5.56 Å². The fraction of sp³-hybridized carbons (Fsp3) is 0.548. The van der Waals surface area contributed by atoms with Crippen LogP contribution >= 0.6 is 11.6 Å². The molecular formula is C31H37ClN6O4. The number of ketones is 1. The lowest BCUT2D eigenvalue weighted by molar-refractivity contribution is 0.0231. The number of Topliss-reactive ketones (excluding diaryl/α,β-unsaturated/α-hetero) is 1. The van der Waals surface area contributed by atoms with Crippen molar-refractivity contribution in [2.24, 2.45) is 0 Å². The van der Waals surface area contributed by atoms with E-state index in [2.05, 4.69) is 20.1 Å².